The first kappa shape index (κ1) is 13.2. The summed E-state index contributed by atoms with van der Waals surface area (Å²) in [5.41, 5.74) is 0.283. The zero-order valence-electron chi connectivity index (χ0n) is 10.7. The topological polar surface area (TPSA) is 91.1 Å². The van der Waals surface area contributed by atoms with Crippen molar-refractivity contribution in [3.63, 3.8) is 0 Å². The molecule has 1 N–H and O–H groups in total. The Balaban J connectivity index is 2.23. The molecule has 2 rings (SSSR count). The molecule has 1 aliphatic heterocycles. The molecule has 0 spiro atoms. The molecule has 1 aromatic heterocycles. The second-order valence-electron chi connectivity index (χ2n) is 4.02. The molecule has 1 fully saturated rings. The Morgan fingerprint density at radius 1 is 1.74 bits per heavy atom. The Hall–Kier alpha value is -2.20. The van der Waals surface area contributed by atoms with E-state index in [-0.39, 0.29) is 11.7 Å². The van der Waals surface area contributed by atoms with Crippen LogP contribution in [0.3, 0.4) is 0 Å². The fraction of sp³-hybridized carbons (Fsp3) is 0.500. The van der Waals surface area contributed by atoms with Gasteiger partial charge in [-0.15, -0.1) is 0 Å². The largest absolute Gasteiger partial charge is 0.464 e. The van der Waals surface area contributed by atoms with Gasteiger partial charge >= 0.3 is 5.97 Å². The molecule has 2 heterocycles. The number of nitriles is 1. The number of anilines is 1. The number of nitrogens with zero attached hydrogens (tertiary/aromatic N) is 4. The number of ether oxygens (including phenoxy) is 1. The van der Waals surface area contributed by atoms with Gasteiger partial charge in [0.1, 0.15) is 17.8 Å². The van der Waals surface area contributed by atoms with Crippen molar-refractivity contribution in [1.82, 2.24) is 15.3 Å². The maximum atomic E-state index is 11.9. The van der Waals surface area contributed by atoms with Crippen molar-refractivity contribution in [2.75, 3.05) is 31.1 Å². The van der Waals surface area contributed by atoms with Gasteiger partial charge in [0.25, 0.3) is 0 Å². The lowest BCUT2D eigenvalue weighted by atomic mass is 10.2. The second kappa shape index (κ2) is 6.11. The van der Waals surface area contributed by atoms with Crippen LogP contribution in [0.15, 0.2) is 12.3 Å². The number of aromatic nitrogens is 2. The number of hydrogen-bond acceptors (Lipinski definition) is 7. The number of esters is 1. The van der Waals surface area contributed by atoms with Crippen LogP contribution in [0.2, 0.25) is 0 Å². The average Bonchev–Trinajstić information content (AvgIpc) is 2.47. The van der Waals surface area contributed by atoms with E-state index in [2.05, 4.69) is 15.3 Å². The molecule has 1 aromatic rings. The smallest absolute Gasteiger partial charge is 0.330 e. The van der Waals surface area contributed by atoms with E-state index in [0.29, 0.717) is 25.6 Å². The minimum absolute atomic E-state index is 0.283. The molecular formula is C12H15N5O2. The standard InChI is InChI=1S/C12H15N5O2/c1-2-19-11(18)10-8-14-5-6-17(10)12-15-4-3-9(7-13)16-12/h3-4,10,14H,2,5-6,8H2,1H3. The molecule has 7 heteroatoms. The van der Waals surface area contributed by atoms with Crippen LogP contribution in [0.25, 0.3) is 0 Å². The van der Waals surface area contributed by atoms with Gasteiger partial charge in [0.2, 0.25) is 5.95 Å². The fourth-order valence-corrected chi connectivity index (χ4v) is 1.94. The summed E-state index contributed by atoms with van der Waals surface area (Å²) in [6.07, 6.45) is 1.52. The van der Waals surface area contributed by atoms with Crippen LogP contribution in [0, 0.1) is 11.3 Å². The molecule has 1 atom stereocenters. The van der Waals surface area contributed by atoms with E-state index in [9.17, 15) is 4.79 Å². The summed E-state index contributed by atoms with van der Waals surface area (Å²) < 4.78 is 5.05. The third kappa shape index (κ3) is 2.98. The Labute approximate surface area is 111 Å². The van der Waals surface area contributed by atoms with Crippen molar-refractivity contribution in [2.45, 2.75) is 13.0 Å². The minimum Gasteiger partial charge on any atom is -0.464 e. The van der Waals surface area contributed by atoms with Crippen molar-refractivity contribution in [1.29, 1.82) is 5.26 Å². The molecule has 0 saturated carbocycles. The predicted molar refractivity (Wildman–Crippen MR) is 67.4 cm³/mol. The molecule has 0 bridgehead atoms. The summed E-state index contributed by atoms with van der Waals surface area (Å²) in [5.74, 6) is 0.0827. The van der Waals surface area contributed by atoms with Crippen molar-refractivity contribution < 1.29 is 9.53 Å². The SMILES string of the molecule is CCOC(=O)C1CNCCN1c1nccc(C#N)n1. The highest BCUT2D eigenvalue weighted by Crippen LogP contribution is 2.14. The van der Waals surface area contributed by atoms with Gasteiger partial charge in [-0.2, -0.15) is 5.26 Å². The summed E-state index contributed by atoms with van der Waals surface area (Å²) in [5, 5.41) is 12.0. The van der Waals surface area contributed by atoms with Gasteiger partial charge in [0, 0.05) is 25.8 Å². The zero-order chi connectivity index (χ0) is 13.7. The Morgan fingerprint density at radius 3 is 3.32 bits per heavy atom. The van der Waals surface area contributed by atoms with Gasteiger partial charge in [-0.3, -0.25) is 0 Å². The molecule has 7 nitrogen and oxygen atoms in total. The maximum Gasteiger partial charge on any atom is 0.330 e. The normalized spacial score (nSPS) is 18.7. The summed E-state index contributed by atoms with van der Waals surface area (Å²) >= 11 is 0. The summed E-state index contributed by atoms with van der Waals surface area (Å²) in [6.45, 7) is 3.92. The number of nitrogens with one attached hydrogen (secondary N) is 1. The van der Waals surface area contributed by atoms with E-state index in [0.717, 1.165) is 6.54 Å². The van der Waals surface area contributed by atoms with Gasteiger partial charge in [-0.05, 0) is 13.0 Å². The number of carbonyl (C=O) groups is 1. The number of hydrogen-bond donors (Lipinski definition) is 1. The molecule has 1 saturated heterocycles. The van der Waals surface area contributed by atoms with E-state index in [1.807, 2.05) is 6.07 Å². The Kier molecular flexibility index (Phi) is 4.26. The van der Waals surface area contributed by atoms with Gasteiger partial charge in [0.05, 0.1) is 6.61 Å². The first-order chi connectivity index (χ1) is 9.26. The first-order valence-electron chi connectivity index (χ1n) is 6.13. The maximum absolute atomic E-state index is 11.9. The monoisotopic (exact) mass is 261 g/mol. The van der Waals surface area contributed by atoms with Gasteiger partial charge < -0.3 is 15.0 Å². The molecule has 0 aromatic carbocycles. The quantitative estimate of drug-likeness (QED) is 0.746. The third-order valence-electron chi connectivity index (χ3n) is 2.82. The van der Waals surface area contributed by atoms with E-state index < -0.39 is 6.04 Å². The number of piperazine rings is 1. The van der Waals surface area contributed by atoms with E-state index >= 15 is 0 Å². The summed E-state index contributed by atoms with van der Waals surface area (Å²) in [4.78, 5) is 21.9. The van der Waals surface area contributed by atoms with Gasteiger partial charge in [-0.25, -0.2) is 14.8 Å². The van der Waals surface area contributed by atoms with E-state index in [1.54, 1.807) is 11.8 Å². The lowest BCUT2D eigenvalue weighted by Gasteiger charge is -2.34. The lowest BCUT2D eigenvalue weighted by Crippen LogP contribution is -2.56. The van der Waals surface area contributed by atoms with Gasteiger partial charge in [0.15, 0.2) is 0 Å². The number of carbonyl (C=O) groups excluding carboxylic acids is 1. The Morgan fingerprint density at radius 2 is 2.58 bits per heavy atom. The highest BCUT2D eigenvalue weighted by atomic mass is 16.5. The van der Waals surface area contributed by atoms with E-state index in [1.165, 1.54) is 12.3 Å². The van der Waals surface area contributed by atoms with Crippen LogP contribution < -0.4 is 10.2 Å². The van der Waals surface area contributed by atoms with Crippen LogP contribution in [-0.4, -0.2) is 48.2 Å². The highest BCUT2D eigenvalue weighted by molar-refractivity contribution is 5.80. The second-order valence-corrected chi connectivity index (χ2v) is 4.02. The summed E-state index contributed by atoms with van der Waals surface area (Å²) in [7, 11) is 0. The van der Waals surface area contributed by atoms with Crippen LogP contribution in [0.5, 0.6) is 0 Å². The Bertz CT molecular complexity index is 499. The molecule has 0 aliphatic carbocycles. The van der Waals surface area contributed by atoms with Crippen LogP contribution in [-0.2, 0) is 9.53 Å². The lowest BCUT2D eigenvalue weighted by molar-refractivity contribution is -0.144. The zero-order valence-corrected chi connectivity index (χ0v) is 10.7. The minimum atomic E-state index is -0.456. The van der Waals surface area contributed by atoms with Crippen LogP contribution >= 0.6 is 0 Å². The van der Waals surface area contributed by atoms with Crippen molar-refractivity contribution in [3.05, 3.63) is 18.0 Å². The number of rotatable bonds is 3. The molecule has 0 amide bonds. The highest BCUT2D eigenvalue weighted by Gasteiger charge is 2.31. The van der Waals surface area contributed by atoms with Crippen LogP contribution in [0.1, 0.15) is 12.6 Å². The van der Waals surface area contributed by atoms with Crippen molar-refractivity contribution in [3.8, 4) is 6.07 Å². The van der Waals surface area contributed by atoms with Gasteiger partial charge in [-0.1, -0.05) is 0 Å². The third-order valence-corrected chi connectivity index (χ3v) is 2.82. The van der Waals surface area contributed by atoms with Crippen LogP contribution in [0.4, 0.5) is 5.95 Å². The molecule has 100 valence electrons. The molecule has 1 unspecified atom stereocenters. The molecule has 1 aliphatic rings. The summed E-state index contributed by atoms with van der Waals surface area (Å²) in [6, 6.07) is 3.04. The first-order valence-corrected chi connectivity index (χ1v) is 6.13. The van der Waals surface area contributed by atoms with Crippen molar-refractivity contribution in [2.24, 2.45) is 0 Å². The molecule has 0 radical (unpaired) electrons. The fourth-order valence-electron chi connectivity index (χ4n) is 1.94. The molecular weight excluding hydrogens is 246 g/mol. The van der Waals surface area contributed by atoms with E-state index in [4.69, 9.17) is 10.00 Å². The average molecular weight is 261 g/mol. The molecule has 19 heavy (non-hydrogen) atoms. The van der Waals surface area contributed by atoms with Crippen molar-refractivity contribution >= 4 is 11.9 Å². The predicted octanol–water partition coefficient (Wildman–Crippen LogP) is -0.310.